The molecule has 0 aromatic heterocycles. The molecule has 0 atom stereocenters. The summed E-state index contributed by atoms with van der Waals surface area (Å²) in [5, 5.41) is 12.4. The normalized spacial score (nSPS) is 10.6. The van der Waals surface area contributed by atoms with E-state index in [1.807, 2.05) is 0 Å². The van der Waals surface area contributed by atoms with Gasteiger partial charge in [0.15, 0.2) is 11.5 Å². The van der Waals surface area contributed by atoms with Crippen LogP contribution < -0.4 is 14.8 Å². The summed E-state index contributed by atoms with van der Waals surface area (Å²) in [7, 11) is 1.55. The Labute approximate surface area is 139 Å². The Morgan fingerprint density at radius 2 is 1.91 bits per heavy atom. The number of hydrogen-bond donors (Lipinski definition) is 2. The zero-order valence-corrected chi connectivity index (χ0v) is 13.6. The van der Waals surface area contributed by atoms with E-state index in [1.165, 1.54) is 12.1 Å². The number of rotatable bonds is 8. The van der Waals surface area contributed by atoms with Gasteiger partial charge in [-0.15, -0.1) is 0 Å². The first kappa shape index (κ1) is 17.5. The van der Waals surface area contributed by atoms with Crippen molar-refractivity contribution >= 4 is 11.6 Å². The Morgan fingerprint density at radius 3 is 2.57 bits per heavy atom. The van der Waals surface area contributed by atoms with Crippen LogP contribution in [0.1, 0.15) is 11.1 Å². The lowest BCUT2D eigenvalue weighted by atomic mass is 10.2. The van der Waals surface area contributed by atoms with Gasteiger partial charge >= 0.3 is 0 Å². The predicted octanol–water partition coefficient (Wildman–Crippen LogP) is 3.15. The van der Waals surface area contributed by atoms with E-state index < -0.39 is 0 Å². The minimum Gasteiger partial charge on any atom is -0.493 e. The van der Waals surface area contributed by atoms with Crippen LogP contribution in [0.5, 0.6) is 11.5 Å². The van der Waals surface area contributed by atoms with E-state index in [1.54, 1.807) is 31.4 Å². The lowest BCUT2D eigenvalue weighted by Crippen LogP contribution is -2.17. The largest absolute Gasteiger partial charge is 0.493 e. The van der Waals surface area contributed by atoms with Crippen molar-refractivity contribution in [2.75, 3.05) is 20.3 Å². The van der Waals surface area contributed by atoms with Gasteiger partial charge in [0.1, 0.15) is 12.4 Å². The van der Waals surface area contributed by atoms with Crippen molar-refractivity contribution in [3.63, 3.8) is 0 Å². The fourth-order valence-electron chi connectivity index (χ4n) is 2.03. The van der Waals surface area contributed by atoms with Gasteiger partial charge in [-0.05, 0) is 29.3 Å². The van der Waals surface area contributed by atoms with E-state index in [4.69, 9.17) is 26.2 Å². The molecular weight excluding hydrogens is 321 g/mol. The highest BCUT2D eigenvalue weighted by Gasteiger charge is 2.11. The summed E-state index contributed by atoms with van der Waals surface area (Å²) in [5.74, 6) is 0.805. The zero-order valence-electron chi connectivity index (χ0n) is 12.8. The van der Waals surface area contributed by atoms with Crippen molar-refractivity contribution in [2.24, 2.45) is 0 Å². The molecule has 6 heteroatoms. The summed E-state index contributed by atoms with van der Waals surface area (Å²) in [6.45, 7) is 1.36. The zero-order chi connectivity index (χ0) is 16.7. The molecule has 0 aliphatic carbocycles. The maximum absolute atomic E-state index is 12.9. The fraction of sp³-hybridized carbons (Fsp3) is 0.294. The molecule has 124 valence electrons. The van der Waals surface area contributed by atoms with Crippen LogP contribution >= 0.6 is 11.6 Å². The maximum Gasteiger partial charge on any atom is 0.163 e. The number of ether oxygens (including phenoxy) is 2. The molecule has 23 heavy (non-hydrogen) atoms. The van der Waals surface area contributed by atoms with Crippen LogP contribution in [0.25, 0.3) is 0 Å². The number of methoxy groups -OCH3 is 1. The lowest BCUT2D eigenvalue weighted by Gasteiger charge is -2.14. The highest BCUT2D eigenvalue weighted by molar-refractivity contribution is 6.31. The molecule has 0 fully saturated rings. The first-order valence-electron chi connectivity index (χ1n) is 7.19. The Kier molecular flexibility index (Phi) is 6.65. The molecule has 2 aromatic carbocycles. The van der Waals surface area contributed by atoms with Gasteiger partial charge in [-0.25, -0.2) is 4.39 Å². The van der Waals surface area contributed by atoms with Gasteiger partial charge in [0.05, 0.1) is 13.7 Å². The van der Waals surface area contributed by atoms with Crippen LogP contribution in [0.4, 0.5) is 4.39 Å². The smallest absolute Gasteiger partial charge is 0.163 e. The summed E-state index contributed by atoms with van der Waals surface area (Å²) in [5.41, 5.74) is 1.70. The summed E-state index contributed by atoms with van der Waals surface area (Å²) in [4.78, 5) is 0. The molecule has 2 N–H and O–H groups in total. The van der Waals surface area contributed by atoms with Crippen LogP contribution in [0.3, 0.4) is 0 Å². The van der Waals surface area contributed by atoms with Crippen LogP contribution in [0.15, 0.2) is 36.4 Å². The highest BCUT2D eigenvalue weighted by Crippen LogP contribution is 2.33. The minimum atomic E-state index is -0.283. The predicted molar refractivity (Wildman–Crippen MR) is 87.5 cm³/mol. The summed E-state index contributed by atoms with van der Waals surface area (Å²) in [6.07, 6.45) is 0. The number of hydrogen-bond acceptors (Lipinski definition) is 4. The molecule has 0 spiro atoms. The van der Waals surface area contributed by atoms with E-state index >= 15 is 0 Å². The molecule has 0 saturated carbocycles. The second-order valence-corrected chi connectivity index (χ2v) is 5.32. The molecule has 0 unspecified atom stereocenters. The average Bonchev–Trinajstić information content (AvgIpc) is 2.56. The van der Waals surface area contributed by atoms with Crippen molar-refractivity contribution in [1.29, 1.82) is 0 Å². The third-order valence-electron chi connectivity index (χ3n) is 3.24. The van der Waals surface area contributed by atoms with Crippen molar-refractivity contribution in [1.82, 2.24) is 5.32 Å². The van der Waals surface area contributed by atoms with E-state index in [9.17, 15) is 4.39 Å². The molecule has 0 radical (unpaired) electrons. The minimum absolute atomic E-state index is 0.0631. The van der Waals surface area contributed by atoms with E-state index in [0.717, 1.165) is 11.1 Å². The van der Waals surface area contributed by atoms with Crippen molar-refractivity contribution < 1.29 is 19.0 Å². The summed E-state index contributed by atoms with van der Waals surface area (Å²) in [6, 6.07) is 9.59. The Morgan fingerprint density at radius 1 is 1.17 bits per heavy atom. The molecule has 0 bridgehead atoms. The van der Waals surface area contributed by atoms with Crippen molar-refractivity contribution in [2.45, 2.75) is 13.2 Å². The van der Waals surface area contributed by atoms with Gasteiger partial charge in [-0.1, -0.05) is 23.7 Å². The molecule has 0 aliphatic rings. The quantitative estimate of drug-likeness (QED) is 0.725. The van der Waals surface area contributed by atoms with Gasteiger partial charge in [0.2, 0.25) is 0 Å². The monoisotopic (exact) mass is 339 g/mol. The van der Waals surface area contributed by atoms with Crippen LogP contribution in [0, 0.1) is 5.82 Å². The van der Waals surface area contributed by atoms with Gasteiger partial charge in [0, 0.05) is 24.2 Å². The lowest BCUT2D eigenvalue weighted by molar-refractivity contribution is 0.283. The van der Waals surface area contributed by atoms with E-state index in [0.29, 0.717) is 29.6 Å². The van der Waals surface area contributed by atoms with E-state index in [-0.39, 0.29) is 19.0 Å². The second-order valence-electron chi connectivity index (χ2n) is 4.91. The molecule has 0 aliphatic heterocycles. The highest BCUT2D eigenvalue weighted by atomic mass is 35.5. The summed E-state index contributed by atoms with van der Waals surface area (Å²) >= 11 is 6.25. The van der Waals surface area contributed by atoms with E-state index in [2.05, 4.69) is 5.32 Å². The third-order valence-corrected chi connectivity index (χ3v) is 3.60. The van der Waals surface area contributed by atoms with Gasteiger partial charge in [-0.2, -0.15) is 0 Å². The average molecular weight is 340 g/mol. The third kappa shape index (κ3) is 5.10. The number of aliphatic hydroxyl groups is 1. The molecule has 0 saturated heterocycles. The number of aliphatic hydroxyl groups excluding tert-OH is 1. The van der Waals surface area contributed by atoms with Gasteiger partial charge in [-0.3, -0.25) is 0 Å². The standard InChI is InChI=1S/C17H19ClFNO3/c1-22-16-8-13(10-20-6-7-21)15(18)9-17(16)23-11-12-2-4-14(19)5-3-12/h2-5,8-9,20-21H,6-7,10-11H2,1H3. The maximum atomic E-state index is 12.9. The summed E-state index contributed by atoms with van der Waals surface area (Å²) < 4.78 is 24.0. The molecule has 4 nitrogen and oxygen atoms in total. The topological polar surface area (TPSA) is 50.7 Å². The first-order chi connectivity index (χ1) is 11.1. The van der Waals surface area contributed by atoms with Gasteiger partial charge < -0.3 is 19.9 Å². The van der Waals surface area contributed by atoms with Crippen LogP contribution in [-0.2, 0) is 13.2 Å². The SMILES string of the molecule is COc1cc(CNCCO)c(Cl)cc1OCc1ccc(F)cc1. The van der Waals surface area contributed by atoms with Crippen LogP contribution in [0.2, 0.25) is 5.02 Å². The first-order valence-corrected chi connectivity index (χ1v) is 7.57. The Bertz CT molecular complexity index is 634. The van der Waals surface area contributed by atoms with Crippen molar-refractivity contribution in [3.8, 4) is 11.5 Å². The number of benzene rings is 2. The fourth-order valence-corrected chi connectivity index (χ4v) is 2.25. The number of halogens is 2. The molecule has 0 heterocycles. The number of nitrogens with one attached hydrogen (secondary N) is 1. The molecule has 2 rings (SSSR count). The second kappa shape index (κ2) is 8.72. The van der Waals surface area contributed by atoms with Gasteiger partial charge in [0.25, 0.3) is 0 Å². The molecular formula is C17H19ClFNO3. The van der Waals surface area contributed by atoms with Crippen molar-refractivity contribution in [3.05, 3.63) is 58.4 Å². The molecule has 0 amide bonds. The Hall–Kier alpha value is -1.82. The van der Waals surface area contributed by atoms with Crippen LogP contribution in [-0.4, -0.2) is 25.4 Å². The Balaban J connectivity index is 2.08. The molecule has 2 aromatic rings.